The van der Waals surface area contributed by atoms with Crippen molar-refractivity contribution < 1.29 is 10.0 Å². The molecule has 0 saturated heterocycles. The molecule has 1 fully saturated rings. The van der Waals surface area contributed by atoms with Crippen LogP contribution in [0.1, 0.15) is 25.7 Å². The molecule has 1 aliphatic rings. The predicted molar refractivity (Wildman–Crippen MR) is 74.7 cm³/mol. The zero-order chi connectivity index (χ0) is 14.5. The molecule has 20 heavy (non-hydrogen) atoms. The summed E-state index contributed by atoms with van der Waals surface area (Å²) in [6, 6.07) is 0.00653. The van der Waals surface area contributed by atoms with Gasteiger partial charge in [0.05, 0.1) is 4.92 Å². The molecule has 0 spiro atoms. The van der Waals surface area contributed by atoms with E-state index in [9.17, 15) is 15.2 Å². The maximum absolute atomic E-state index is 11.0. The van der Waals surface area contributed by atoms with E-state index in [2.05, 4.69) is 20.6 Å². The molecule has 0 amide bonds. The van der Waals surface area contributed by atoms with Crippen molar-refractivity contribution in [2.45, 2.75) is 31.7 Å². The van der Waals surface area contributed by atoms with Gasteiger partial charge in [0.1, 0.15) is 6.20 Å². The lowest BCUT2D eigenvalue weighted by molar-refractivity contribution is -0.384. The number of nitro groups is 1. The van der Waals surface area contributed by atoms with Crippen LogP contribution in [0.5, 0.6) is 0 Å². The lowest BCUT2D eigenvalue weighted by Gasteiger charge is -2.31. The summed E-state index contributed by atoms with van der Waals surface area (Å²) in [6.45, 7) is 0.0788. The lowest BCUT2D eigenvalue weighted by Crippen LogP contribution is -2.34. The highest BCUT2D eigenvalue weighted by atomic mass is 16.6. The maximum atomic E-state index is 11.0. The smallest absolute Gasteiger partial charge is 0.329 e. The van der Waals surface area contributed by atoms with Crippen molar-refractivity contribution in [3.05, 3.63) is 16.3 Å². The fraction of sp³-hybridized carbons (Fsp3) is 0.667. The van der Waals surface area contributed by atoms with Gasteiger partial charge in [-0.1, -0.05) is 12.8 Å². The molecule has 1 heterocycles. The summed E-state index contributed by atoms with van der Waals surface area (Å²) in [6.07, 6.45) is 5.12. The molecular formula is C12H19N5O3. The third-order valence-corrected chi connectivity index (χ3v) is 3.66. The van der Waals surface area contributed by atoms with Crippen LogP contribution in [-0.4, -0.2) is 39.7 Å². The van der Waals surface area contributed by atoms with Crippen LogP contribution in [0.3, 0.4) is 0 Å². The molecule has 110 valence electrons. The first-order chi connectivity index (χ1) is 9.65. The van der Waals surface area contributed by atoms with Gasteiger partial charge in [0.2, 0.25) is 11.8 Å². The molecule has 1 saturated carbocycles. The third-order valence-electron chi connectivity index (χ3n) is 3.66. The lowest BCUT2D eigenvalue weighted by atomic mass is 9.85. The van der Waals surface area contributed by atoms with Gasteiger partial charge in [0.25, 0.3) is 0 Å². The van der Waals surface area contributed by atoms with Crippen molar-refractivity contribution >= 4 is 17.5 Å². The van der Waals surface area contributed by atoms with Gasteiger partial charge in [0, 0.05) is 25.6 Å². The second-order valence-corrected chi connectivity index (χ2v) is 4.91. The van der Waals surface area contributed by atoms with Crippen LogP contribution in [0.25, 0.3) is 0 Å². The molecule has 1 aliphatic carbocycles. The number of aliphatic hydroxyl groups excluding tert-OH is 1. The van der Waals surface area contributed by atoms with Gasteiger partial charge in [-0.25, -0.2) is 4.98 Å². The van der Waals surface area contributed by atoms with Crippen molar-refractivity contribution in [1.82, 2.24) is 9.97 Å². The normalized spacial score (nSPS) is 22.3. The van der Waals surface area contributed by atoms with Crippen LogP contribution in [0.4, 0.5) is 17.5 Å². The highest BCUT2D eigenvalue weighted by Crippen LogP contribution is 2.30. The standard InChI is InChI=1S/C12H19N5O3/c1-13-12-14-6-10(17(19)20)11(16-12)15-9-5-3-2-4-8(9)7-18/h6,8-9,18H,2-5,7H2,1H3,(H2,13,14,15,16). The molecule has 2 unspecified atom stereocenters. The van der Waals surface area contributed by atoms with E-state index in [0.717, 1.165) is 25.7 Å². The number of anilines is 2. The molecule has 3 N–H and O–H groups in total. The summed E-state index contributed by atoms with van der Waals surface area (Å²) in [4.78, 5) is 18.5. The van der Waals surface area contributed by atoms with Crippen LogP contribution in [0, 0.1) is 16.0 Å². The maximum Gasteiger partial charge on any atom is 0.329 e. The van der Waals surface area contributed by atoms with Gasteiger partial charge in [-0.3, -0.25) is 10.1 Å². The van der Waals surface area contributed by atoms with Gasteiger partial charge in [0.15, 0.2) is 0 Å². The fourth-order valence-electron chi connectivity index (χ4n) is 2.53. The van der Waals surface area contributed by atoms with Crippen molar-refractivity contribution in [3.63, 3.8) is 0 Å². The Balaban J connectivity index is 2.23. The molecule has 0 radical (unpaired) electrons. The summed E-state index contributed by atoms with van der Waals surface area (Å²) < 4.78 is 0. The Morgan fingerprint density at radius 2 is 2.25 bits per heavy atom. The van der Waals surface area contributed by atoms with Gasteiger partial charge >= 0.3 is 5.69 Å². The predicted octanol–water partition coefficient (Wildman–Crippen LogP) is 1.39. The molecule has 1 aromatic rings. The number of nitrogens with zero attached hydrogens (tertiary/aromatic N) is 3. The van der Waals surface area contributed by atoms with E-state index >= 15 is 0 Å². The Bertz CT molecular complexity index is 482. The van der Waals surface area contributed by atoms with E-state index in [4.69, 9.17) is 0 Å². The third kappa shape index (κ3) is 3.13. The van der Waals surface area contributed by atoms with E-state index < -0.39 is 4.92 Å². The summed E-state index contributed by atoms with van der Waals surface area (Å²) in [5, 5.41) is 26.3. The topological polar surface area (TPSA) is 113 Å². The van der Waals surface area contributed by atoms with Crippen molar-refractivity contribution in [2.75, 3.05) is 24.3 Å². The van der Waals surface area contributed by atoms with Crippen LogP contribution >= 0.6 is 0 Å². The number of hydrogen-bond donors (Lipinski definition) is 3. The van der Waals surface area contributed by atoms with E-state index in [0.29, 0.717) is 5.95 Å². The summed E-state index contributed by atoms with van der Waals surface area (Å²) in [5.41, 5.74) is -0.147. The van der Waals surface area contributed by atoms with Crippen molar-refractivity contribution in [3.8, 4) is 0 Å². The molecule has 1 aromatic heterocycles. The number of nitrogens with one attached hydrogen (secondary N) is 2. The molecule has 8 heteroatoms. The van der Waals surface area contributed by atoms with Crippen molar-refractivity contribution in [1.29, 1.82) is 0 Å². The van der Waals surface area contributed by atoms with Crippen molar-refractivity contribution in [2.24, 2.45) is 5.92 Å². The molecule has 8 nitrogen and oxygen atoms in total. The van der Waals surface area contributed by atoms with Gasteiger partial charge in [-0.05, 0) is 12.8 Å². The number of hydrogen-bond acceptors (Lipinski definition) is 7. The molecule has 2 rings (SSSR count). The Kier molecular flexibility index (Phi) is 4.67. The summed E-state index contributed by atoms with van der Waals surface area (Å²) in [7, 11) is 1.65. The Morgan fingerprint density at radius 1 is 1.50 bits per heavy atom. The second-order valence-electron chi connectivity index (χ2n) is 4.91. The summed E-state index contributed by atoms with van der Waals surface area (Å²) in [5.74, 6) is 0.644. The average Bonchev–Trinajstić information content (AvgIpc) is 2.47. The second kappa shape index (κ2) is 6.47. The van der Waals surface area contributed by atoms with E-state index in [1.807, 2.05) is 0 Å². The average molecular weight is 281 g/mol. The Hall–Kier alpha value is -1.96. The monoisotopic (exact) mass is 281 g/mol. The van der Waals surface area contributed by atoms with E-state index in [1.165, 1.54) is 6.20 Å². The van der Waals surface area contributed by atoms with Crippen LogP contribution in [0.15, 0.2) is 6.20 Å². The van der Waals surface area contributed by atoms with E-state index in [-0.39, 0.29) is 30.1 Å². The summed E-state index contributed by atoms with van der Waals surface area (Å²) >= 11 is 0. The van der Waals surface area contributed by atoms with Gasteiger partial charge in [-0.15, -0.1) is 0 Å². The number of aliphatic hydroxyl groups is 1. The van der Waals surface area contributed by atoms with Crippen LogP contribution < -0.4 is 10.6 Å². The highest BCUT2D eigenvalue weighted by Gasteiger charge is 2.27. The largest absolute Gasteiger partial charge is 0.396 e. The van der Waals surface area contributed by atoms with Gasteiger partial charge < -0.3 is 15.7 Å². The number of aromatic nitrogens is 2. The minimum atomic E-state index is -0.501. The van der Waals surface area contributed by atoms with Crippen LogP contribution in [0.2, 0.25) is 0 Å². The minimum absolute atomic E-state index is 0.00653. The molecule has 0 aliphatic heterocycles. The Morgan fingerprint density at radius 3 is 2.90 bits per heavy atom. The molecule has 0 bridgehead atoms. The molecule has 2 atom stereocenters. The Labute approximate surface area is 116 Å². The zero-order valence-corrected chi connectivity index (χ0v) is 11.4. The van der Waals surface area contributed by atoms with Crippen LogP contribution in [-0.2, 0) is 0 Å². The molecule has 0 aromatic carbocycles. The molecular weight excluding hydrogens is 262 g/mol. The first-order valence-electron chi connectivity index (χ1n) is 6.72. The SMILES string of the molecule is CNc1ncc([N+](=O)[O-])c(NC2CCCCC2CO)n1. The fourth-order valence-corrected chi connectivity index (χ4v) is 2.53. The minimum Gasteiger partial charge on any atom is -0.396 e. The number of rotatable bonds is 5. The zero-order valence-electron chi connectivity index (χ0n) is 11.4. The first-order valence-corrected chi connectivity index (χ1v) is 6.72. The quantitative estimate of drug-likeness (QED) is 0.552. The van der Waals surface area contributed by atoms with E-state index in [1.54, 1.807) is 7.05 Å². The van der Waals surface area contributed by atoms with Gasteiger partial charge in [-0.2, -0.15) is 4.98 Å². The highest BCUT2D eigenvalue weighted by molar-refractivity contribution is 5.57. The first kappa shape index (κ1) is 14.4.